The highest BCUT2D eigenvalue weighted by Gasteiger charge is 2.11. The van der Waals surface area contributed by atoms with Gasteiger partial charge in [-0.3, -0.25) is 10.4 Å². The number of hydrogen-bond acceptors (Lipinski definition) is 4. The molecule has 0 unspecified atom stereocenters. The summed E-state index contributed by atoms with van der Waals surface area (Å²) in [5.74, 6) is 0.695. The Morgan fingerprint density at radius 3 is 2.44 bits per heavy atom. The Morgan fingerprint density at radius 2 is 1.89 bits per heavy atom. The van der Waals surface area contributed by atoms with Crippen molar-refractivity contribution in [2.24, 2.45) is 5.73 Å². The van der Waals surface area contributed by atoms with Gasteiger partial charge in [-0.2, -0.15) is 0 Å². The molecule has 2 rings (SSSR count). The van der Waals surface area contributed by atoms with Gasteiger partial charge in [-0.15, -0.1) is 0 Å². The molecule has 0 aliphatic carbocycles. The fourth-order valence-electron chi connectivity index (χ4n) is 1.77. The fourth-order valence-corrected chi connectivity index (χ4v) is 1.77. The molecule has 0 bridgehead atoms. The lowest BCUT2D eigenvalue weighted by Crippen LogP contribution is -2.15. The van der Waals surface area contributed by atoms with Crippen LogP contribution in [0.25, 0.3) is 11.1 Å². The number of anilines is 1. The zero-order chi connectivity index (χ0) is 13.1. The number of pyridine rings is 1. The monoisotopic (exact) mass is 242 g/mol. The summed E-state index contributed by atoms with van der Waals surface area (Å²) < 4.78 is 5.10. The van der Waals surface area contributed by atoms with Crippen molar-refractivity contribution in [1.29, 1.82) is 5.41 Å². The van der Waals surface area contributed by atoms with Gasteiger partial charge in [0.05, 0.1) is 19.0 Å². The minimum absolute atomic E-state index is 0.0688. The van der Waals surface area contributed by atoms with Gasteiger partial charge in [0.15, 0.2) is 0 Å². The minimum Gasteiger partial charge on any atom is -0.497 e. The van der Waals surface area contributed by atoms with E-state index in [9.17, 15) is 0 Å². The Balaban J connectivity index is 2.56. The van der Waals surface area contributed by atoms with Crippen LogP contribution in [0.3, 0.4) is 0 Å². The number of nitrogens with one attached hydrogen (secondary N) is 1. The number of amidine groups is 1. The van der Waals surface area contributed by atoms with Crippen LogP contribution in [0.2, 0.25) is 0 Å². The van der Waals surface area contributed by atoms with Crippen LogP contribution in [0, 0.1) is 5.41 Å². The standard InChI is InChI=1S/C13H14N4O/c1-18-9-4-2-8(3-5-9)10-6-17-7-11(14)12(10)13(15)16/h2-7H,14H2,1H3,(H3,15,16). The van der Waals surface area contributed by atoms with Crippen molar-refractivity contribution >= 4 is 11.5 Å². The van der Waals surface area contributed by atoms with E-state index in [1.165, 1.54) is 6.20 Å². The number of benzene rings is 1. The molecule has 0 atom stereocenters. The van der Waals surface area contributed by atoms with Gasteiger partial charge in [-0.05, 0) is 17.7 Å². The van der Waals surface area contributed by atoms with Crippen LogP contribution < -0.4 is 16.2 Å². The topological polar surface area (TPSA) is 98.0 Å². The maximum absolute atomic E-state index is 7.59. The highest BCUT2D eigenvalue weighted by molar-refractivity contribution is 6.05. The predicted molar refractivity (Wildman–Crippen MR) is 71.7 cm³/mol. The molecule has 0 aliphatic heterocycles. The van der Waals surface area contributed by atoms with Gasteiger partial charge in [-0.25, -0.2) is 0 Å². The molecule has 0 radical (unpaired) electrons. The molecule has 0 aliphatic rings. The van der Waals surface area contributed by atoms with Crippen LogP contribution in [0.1, 0.15) is 5.56 Å². The Bertz CT molecular complexity index is 578. The van der Waals surface area contributed by atoms with Crippen molar-refractivity contribution in [3.63, 3.8) is 0 Å². The second-order valence-electron chi connectivity index (χ2n) is 3.79. The molecule has 2 aromatic rings. The highest BCUT2D eigenvalue weighted by atomic mass is 16.5. The van der Waals surface area contributed by atoms with Crippen LogP contribution in [-0.2, 0) is 0 Å². The third-order valence-corrected chi connectivity index (χ3v) is 2.65. The number of nitrogens with two attached hydrogens (primary N) is 2. The van der Waals surface area contributed by atoms with Crippen molar-refractivity contribution in [2.45, 2.75) is 0 Å². The van der Waals surface area contributed by atoms with Crippen molar-refractivity contribution in [3.05, 3.63) is 42.2 Å². The van der Waals surface area contributed by atoms with E-state index in [4.69, 9.17) is 21.6 Å². The molecule has 1 aromatic heterocycles. The minimum atomic E-state index is -0.0688. The number of ether oxygens (including phenoxy) is 1. The Morgan fingerprint density at radius 1 is 1.22 bits per heavy atom. The molecule has 1 heterocycles. The Hall–Kier alpha value is -2.56. The summed E-state index contributed by atoms with van der Waals surface area (Å²) in [6.45, 7) is 0. The number of rotatable bonds is 3. The van der Waals surface area contributed by atoms with E-state index in [0.29, 0.717) is 11.3 Å². The molecule has 18 heavy (non-hydrogen) atoms. The first-order valence-corrected chi connectivity index (χ1v) is 5.35. The number of nitrogens with zero attached hydrogens (tertiary/aromatic N) is 1. The number of methoxy groups -OCH3 is 1. The van der Waals surface area contributed by atoms with Gasteiger partial charge in [0.1, 0.15) is 11.6 Å². The summed E-state index contributed by atoms with van der Waals surface area (Å²) in [6, 6.07) is 7.42. The number of nitrogen functional groups attached to an aromatic ring is 2. The van der Waals surface area contributed by atoms with Crippen molar-refractivity contribution in [2.75, 3.05) is 12.8 Å². The number of hydrogen-bond donors (Lipinski definition) is 3. The summed E-state index contributed by atoms with van der Waals surface area (Å²) in [7, 11) is 1.61. The van der Waals surface area contributed by atoms with Crippen LogP contribution >= 0.6 is 0 Å². The normalized spacial score (nSPS) is 10.1. The fraction of sp³-hybridized carbons (Fsp3) is 0.0769. The van der Waals surface area contributed by atoms with Crippen LogP contribution in [0.15, 0.2) is 36.7 Å². The average molecular weight is 242 g/mol. The Kier molecular flexibility index (Phi) is 3.14. The maximum atomic E-state index is 7.59. The summed E-state index contributed by atoms with van der Waals surface area (Å²) in [4.78, 5) is 4.04. The maximum Gasteiger partial charge on any atom is 0.125 e. The molecule has 5 heteroatoms. The molecule has 0 saturated heterocycles. The summed E-state index contributed by atoms with van der Waals surface area (Å²) in [5.41, 5.74) is 13.9. The van der Waals surface area contributed by atoms with E-state index in [0.717, 1.165) is 16.9 Å². The molecule has 0 spiro atoms. The summed E-state index contributed by atoms with van der Waals surface area (Å²) >= 11 is 0. The highest BCUT2D eigenvalue weighted by Crippen LogP contribution is 2.27. The molecule has 5 N–H and O–H groups in total. The molecular weight excluding hydrogens is 228 g/mol. The lowest BCUT2D eigenvalue weighted by atomic mass is 10.00. The molecule has 0 fully saturated rings. The Labute approximate surface area is 105 Å². The second kappa shape index (κ2) is 4.75. The average Bonchev–Trinajstić information content (AvgIpc) is 2.38. The van der Waals surface area contributed by atoms with Gasteiger partial charge < -0.3 is 16.2 Å². The quantitative estimate of drug-likeness (QED) is 0.562. The molecule has 92 valence electrons. The zero-order valence-electron chi connectivity index (χ0n) is 9.97. The van der Waals surface area contributed by atoms with Gasteiger partial charge in [0.2, 0.25) is 0 Å². The molecule has 1 aromatic carbocycles. The lowest BCUT2D eigenvalue weighted by molar-refractivity contribution is 0.415. The van der Waals surface area contributed by atoms with E-state index in [1.807, 2.05) is 24.3 Å². The third-order valence-electron chi connectivity index (χ3n) is 2.65. The van der Waals surface area contributed by atoms with Gasteiger partial charge in [0, 0.05) is 17.3 Å². The first kappa shape index (κ1) is 11.9. The molecule has 5 nitrogen and oxygen atoms in total. The van der Waals surface area contributed by atoms with E-state index in [2.05, 4.69) is 4.98 Å². The van der Waals surface area contributed by atoms with Crippen LogP contribution in [0.4, 0.5) is 5.69 Å². The lowest BCUT2D eigenvalue weighted by Gasteiger charge is -2.10. The van der Waals surface area contributed by atoms with Crippen LogP contribution in [0.5, 0.6) is 5.75 Å². The second-order valence-corrected chi connectivity index (χ2v) is 3.79. The van der Waals surface area contributed by atoms with E-state index in [1.54, 1.807) is 13.3 Å². The molecule has 0 saturated carbocycles. The molecular formula is C13H14N4O. The third kappa shape index (κ3) is 2.10. The van der Waals surface area contributed by atoms with Crippen molar-refractivity contribution < 1.29 is 4.74 Å². The molecule has 0 amide bonds. The van der Waals surface area contributed by atoms with E-state index >= 15 is 0 Å². The first-order valence-electron chi connectivity index (χ1n) is 5.35. The summed E-state index contributed by atoms with van der Waals surface area (Å²) in [5, 5.41) is 7.59. The SMILES string of the molecule is COc1ccc(-c2cncc(N)c2C(=N)N)cc1. The van der Waals surface area contributed by atoms with Crippen LogP contribution in [-0.4, -0.2) is 17.9 Å². The predicted octanol–water partition coefficient (Wildman–Crippen LogP) is 1.62. The zero-order valence-corrected chi connectivity index (χ0v) is 9.97. The van der Waals surface area contributed by atoms with Gasteiger partial charge in [-0.1, -0.05) is 12.1 Å². The first-order chi connectivity index (χ1) is 8.63. The van der Waals surface area contributed by atoms with E-state index < -0.39 is 0 Å². The number of aromatic nitrogens is 1. The smallest absolute Gasteiger partial charge is 0.125 e. The van der Waals surface area contributed by atoms with E-state index in [-0.39, 0.29) is 5.84 Å². The van der Waals surface area contributed by atoms with Crippen molar-refractivity contribution in [3.8, 4) is 16.9 Å². The van der Waals surface area contributed by atoms with Crippen molar-refractivity contribution in [1.82, 2.24) is 4.98 Å². The van der Waals surface area contributed by atoms with Gasteiger partial charge >= 0.3 is 0 Å². The van der Waals surface area contributed by atoms with Gasteiger partial charge in [0.25, 0.3) is 0 Å². The summed E-state index contributed by atoms with van der Waals surface area (Å²) in [6.07, 6.45) is 3.14. The largest absolute Gasteiger partial charge is 0.497 e.